The van der Waals surface area contributed by atoms with Crippen LogP contribution in [0, 0.1) is 0 Å². The smallest absolute Gasteiger partial charge is 0.253 e. The fraction of sp³-hybridized carbons (Fsp3) is 0.333. The van der Waals surface area contributed by atoms with Crippen molar-refractivity contribution in [2.24, 2.45) is 0 Å². The maximum Gasteiger partial charge on any atom is 0.253 e. The monoisotopic (exact) mass is 378 g/mol. The number of nitrogens with one attached hydrogen (secondary N) is 1. The summed E-state index contributed by atoms with van der Waals surface area (Å²) in [5.41, 5.74) is 2.11. The summed E-state index contributed by atoms with van der Waals surface area (Å²) >= 11 is 5.89. The Morgan fingerprint density at radius 3 is 2.56 bits per heavy atom. The van der Waals surface area contributed by atoms with Gasteiger partial charge in [-0.05, 0) is 43.5 Å². The highest BCUT2D eigenvalue weighted by atomic mass is 35.5. The van der Waals surface area contributed by atoms with Gasteiger partial charge in [-0.2, -0.15) is 0 Å². The maximum atomic E-state index is 12.5. The fourth-order valence-electron chi connectivity index (χ4n) is 2.89. The number of halogens is 1. The number of hydrogen-bond acceptors (Lipinski definition) is 4. The van der Waals surface area contributed by atoms with Crippen molar-refractivity contribution in [2.45, 2.75) is 31.1 Å². The second kappa shape index (κ2) is 7.14. The Hall–Kier alpha value is -1.92. The lowest BCUT2D eigenvalue weighted by Crippen LogP contribution is -2.45. The van der Waals surface area contributed by atoms with Crippen molar-refractivity contribution in [1.82, 2.24) is 10.3 Å². The Labute approximate surface area is 152 Å². The van der Waals surface area contributed by atoms with Crippen molar-refractivity contribution >= 4 is 27.3 Å². The van der Waals surface area contributed by atoms with Gasteiger partial charge in [-0.3, -0.25) is 9.78 Å². The Morgan fingerprint density at radius 1 is 1.16 bits per heavy atom. The van der Waals surface area contributed by atoms with E-state index in [1.54, 1.807) is 31.3 Å². The Morgan fingerprint density at radius 2 is 1.88 bits per heavy atom. The number of nitrogens with zero attached hydrogens (tertiary/aromatic N) is 1. The number of carbonyl (C=O) groups excluding carboxylic acids is 1. The predicted octanol–water partition coefficient (Wildman–Crippen LogP) is 3.10. The second-order valence-corrected chi connectivity index (χ2v) is 9.26. The Kier molecular flexibility index (Phi) is 5.11. The zero-order chi connectivity index (χ0) is 18.0. The molecule has 2 aromatic rings. The van der Waals surface area contributed by atoms with E-state index in [0.717, 1.165) is 11.1 Å². The van der Waals surface area contributed by atoms with Crippen LogP contribution in [0.1, 0.15) is 30.1 Å². The van der Waals surface area contributed by atoms with E-state index in [-0.39, 0.29) is 23.0 Å². The van der Waals surface area contributed by atoms with Crippen LogP contribution in [0.25, 0.3) is 11.1 Å². The average Bonchev–Trinajstić information content (AvgIpc) is 2.59. The summed E-state index contributed by atoms with van der Waals surface area (Å²) in [5, 5.41) is 3.12. The van der Waals surface area contributed by atoms with E-state index in [9.17, 15) is 13.2 Å². The number of aromatic nitrogens is 1. The van der Waals surface area contributed by atoms with E-state index in [1.807, 2.05) is 12.1 Å². The molecular weight excluding hydrogens is 360 g/mol. The molecule has 1 amide bonds. The lowest BCUT2D eigenvalue weighted by molar-refractivity contribution is 0.0937. The molecule has 1 aromatic heterocycles. The summed E-state index contributed by atoms with van der Waals surface area (Å²) in [7, 11) is -3.14. The zero-order valence-electron chi connectivity index (χ0n) is 13.8. The molecule has 2 unspecified atom stereocenters. The predicted molar refractivity (Wildman–Crippen MR) is 98.4 cm³/mol. The van der Waals surface area contributed by atoms with Crippen LogP contribution in [0.4, 0.5) is 0 Å². The molecule has 2 heterocycles. The Balaban J connectivity index is 1.75. The van der Waals surface area contributed by atoms with Crippen LogP contribution in [0.5, 0.6) is 0 Å². The largest absolute Gasteiger partial charge is 0.348 e. The Bertz CT molecular complexity index is 881. The van der Waals surface area contributed by atoms with Crippen LogP contribution < -0.4 is 5.32 Å². The van der Waals surface area contributed by atoms with E-state index in [0.29, 0.717) is 23.4 Å². The first-order valence-corrected chi connectivity index (χ1v) is 10.2. The van der Waals surface area contributed by atoms with E-state index < -0.39 is 9.84 Å². The van der Waals surface area contributed by atoms with Crippen molar-refractivity contribution in [3.63, 3.8) is 0 Å². The third-order valence-electron chi connectivity index (χ3n) is 4.48. The summed E-state index contributed by atoms with van der Waals surface area (Å²) in [5.74, 6) is -0.317. The first-order valence-electron chi connectivity index (χ1n) is 8.08. The number of sulfone groups is 1. The number of amides is 1. The molecule has 0 bridgehead atoms. The minimum absolute atomic E-state index is 0.00971. The lowest BCUT2D eigenvalue weighted by atomic mass is 10.1. The second-order valence-electron chi connectivity index (χ2n) is 6.36. The first-order chi connectivity index (χ1) is 11.8. The molecule has 5 nitrogen and oxygen atoms in total. The molecule has 1 aliphatic heterocycles. The van der Waals surface area contributed by atoms with Crippen molar-refractivity contribution in [3.05, 3.63) is 53.3 Å². The van der Waals surface area contributed by atoms with Crippen molar-refractivity contribution < 1.29 is 13.2 Å². The third-order valence-corrected chi connectivity index (χ3v) is 7.06. The molecule has 0 saturated carbocycles. The van der Waals surface area contributed by atoms with Gasteiger partial charge in [-0.15, -0.1) is 0 Å². The highest BCUT2D eigenvalue weighted by Gasteiger charge is 2.32. The van der Waals surface area contributed by atoms with Gasteiger partial charge in [0.25, 0.3) is 5.91 Å². The molecule has 3 rings (SSSR count). The number of benzene rings is 1. The molecule has 0 aliphatic carbocycles. The van der Waals surface area contributed by atoms with Crippen LogP contribution in [0.15, 0.2) is 42.7 Å². The van der Waals surface area contributed by atoms with Gasteiger partial charge in [0, 0.05) is 29.0 Å². The molecule has 7 heteroatoms. The highest BCUT2D eigenvalue weighted by Crippen LogP contribution is 2.22. The minimum atomic E-state index is -3.14. The summed E-state index contributed by atoms with van der Waals surface area (Å²) in [6.07, 6.45) is 4.38. The van der Waals surface area contributed by atoms with Crippen LogP contribution in [0.3, 0.4) is 0 Å². The zero-order valence-corrected chi connectivity index (χ0v) is 15.3. The van der Waals surface area contributed by atoms with Gasteiger partial charge >= 0.3 is 0 Å². The topological polar surface area (TPSA) is 76.1 Å². The van der Waals surface area contributed by atoms with Gasteiger partial charge in [-0.25, -0.2) is 8.42 Å². The summed E-state index contributed by atoms with van der Waals surface area (Å²) in [6.45, 7) is 1.72. The van der Waals surface area contributed by atoms with E-state index in [1.165, 1.54) is 6.20 Å². The van der Waals surface area contributed by atoms with E-state index in [2.05, 4.69) is 10.3 Å². The fourth-order valence-corrected chi connectivity index (χ4v) is 4.65. The van der Waals surface area contributed by atoms with Crippen LogP contribution in [-0.2, 0) is 9.84 Å². The standard InChI is InChI=1S/C18H19ClN2O3S/c1-12-2-7-17(11-25(12,23)24)21-18(22)15-8-14(9-20-10-15)13-3-5-16(19)6-4-13/h3-6,8-10,12,17H,2,7,11H2,1H3,(H,21,22). The van der Waals surface area contributed by atoms with Crippen molar-refractivity contribution in [2.75, 3.05) is 5.75 Å². The maximum absolute atomic E-state index is 12.5. The molecule has 1 N–H and O–H groups in total. The van der Waals surface area contributed by atoms with Crippen molar-refractivity contribution in [1.29, 1.82) is 0 Å². The number of hydrogen-bond donors (Lipinski definition) is 1. The average molecular weight is 379 g/mol. The van der Waals surface area contributed by atoms with E-state index >= 15 is 0 Å². The van der Waals surface area contributed by atoms with Crippen molar-refractivity contribution in [3.8, 4) is 11.1 Å². The third kappa shape index (κ3) is 4.19. The summed E-state index contributed by atoms with van der Waals surface area (Å²) in [6, 6.07) is 8.65. The van der Waals surface area contributed by atoms with Gasteiger partial charge < -0.3 is 5.32 Å². The molecule has 25 heavy (non-hydrogen) atoms. The molecule has 0 spiro atoms. The SMILES string of the molecule is CC1CCC(NC(=O)c2cncc(-c3ccc(Cl)cc3)c2)CS1(=O)=O. The van der Waals surface area contributed by atoms with E-state index in [4.69, 9.17) is 11.6 Å². The van der Waals surface area contributed by atoms with Gasteiger partial charge in [0.15, 0.2) is 9.84 Å². The molecule has 2 atom stereocenters. The number of carbonyl (C=O) groups is 1. The first kappa shape index (κ1) is 17.9. The molecule has 132 valence electrons. The van der Waals surface area contributed by atoms with Gasteiger partial charge in [0.2, 0.25) is 0 Å². The molecular formula is C18H19ClN2O3S. The number of rotatable bonds is 3. The molecule has 1 fully saturated rings. The summed E-state index contributed by atoms with van der Waals surface area (Å²) < 4.78 is 24.0. The summed E-state index contributed by atoms with van der Waals surface area (Å²) in [4.78, 5) is 16.6. The molecule has 0 radical (unpaired) electrons. The highest BCUT2D eigenvalue weighted by molar-refractivity contribution is 7.92. The molecule has 1 saturated heterocycles. The normalized spacial score (nSPS) is 22.3. The molecule has 1 aliphatic rings. The quantitative estimate of drug-likeness (QED) is 0.890. The number of pyridine rings is 1. The van der Waals surface area contributed by atoms with Crippen LogP contribution in [-0.4, -0.2) is 36.4 Å². The lowest BCUT2D eigenvalue weighted by Gasteiger charge is -2.27. The molecule has 1 aromatic carbocycles. The minimum Gasteiger partial charge on any atom is -0.348 e. The van der Waals surface area contributed by atoms with Gasteiger partial charge in [0.05, 0.1) is 16.6 Å². The van der Waals surface area contributed by atoms with Gasteiger partial charge in [0.1, 0.15) is 0 Å². The van der Waals surface area contributed by atoms with Crippen LogP contribution in [0.2, 0.25) is 5.02 Å². The van der Waals surface area contributed by atoms with Crippen LogP contribution >= 0.6 is 11.6 Å². The van der Waals surface area contributed by atoms with Gasteiger partial charge in [-0.1, -0.05) is 23.7 Å².